The van der Waals surface area contributed by atoms with Crippen LogP contribution >= 0.6 is 0 Å². The average Bonchev–Trinajstić information content (AvgIpc) is 2.51. The Kier molecular flexibility index (Phi) is 4.73. The van der Waals surface area contributed by atoms with Crippen molar-refractivity contribution in [1.82, 2.24) is 5.32 Å². The molecule has 0 bridgehead atoms. The quantitative estimate of drug-likeness (QED) is 0.831. The van der Waals surface area contributed by atoms with Crippen LogP contribution < -0.4 is 19.5 Å². The molecular formula is C15H23NO4. The molecule has 0 aromatic heterocycles. The first-order chi connectivity index (χ1) is 9.61. The van der Waals surface area contributed by atoms with Crippen LogP contribution in [0.2, 0.25) is 0 Å². The molecule has 1 aromatic carbocycles. The third kappa shape index (κ3) is 3.16. The Hall–Kier alpha value is -1.46. The maximum absolute atomic E-state index is 9.42. The summed E-state index contributed by atoms with van der Waals surface area (Å²) in [5.41, 5.74) is 0.764. The number of fused-ring (bicyclic) bond motifs is 1. The molecule has 2 rings (SSSR count). The number of nitrogens with one attached hydrogen (secondary N) is 1. The smallest absolute Gasteiger partial charge is 0.203 e. The summed E-state index contributed by atoms with van der Waals surface area (Å²) in [6, 6.07) is 3.89. The summed E-state index contributed by atoms with van der Waals surface area (Å²) >= 11 is 0. The van der Waals surface area contributed by atoms with E-state index in [9.17, 15) is 5.11 Å². The number of aliphatic hydroxyl groups excluding tert-OH is 1. The highest BCUT2D eigenvalue weighted by atomic mass is 16.6. The van der Waals surface area contributed by atoms with E-state index in [4.69, 9.17) is 14.2 Å². The van der Waals surface area contributed by atoms with Gasteiger partial charge in [0, 0.05) is 12.1 Å². The molecule has 0 spiro atoms. The number of hydrogen-bond donors (Lipinski definition) is 2. The molecule has 2 N–H and O–H groups in total. The molecule has 0 fully saturated rings. The summed E-state index contributed by atoms with van der Waals surface area (Å²) in [6.07, 6.45) is 0.852. The number of benzene rings is 1. The van der Waals surface area contributed by atoms with Gasteiger partial charge in [0.15, 0.2) is 11.5 Å². The van der Waals surface area contributed by atoms with Gasteiger partial charge in [-0.3, -0.25) is 0 Å². The topological polar surface area (TPSA) is 60.0 Å². The minimum Gasteiger partial charge on any atom is -0.493 e. The van der Waals surface area contributed by atoms with Crippen molar-refractivity contribution in [2.24, 2.45) is 0 Å². The highest BCUT2D eigenvalue weighted by Gasteiger charge is 2.22. The summed E-state index contributed by atoms with van der Waals surface area (Å²) in [6.45, 7) is 5.88. The van der Waals surface area contributed by atoms with Gasteiger partial charge in [-0.25, -0.2) is 0 Å². The van der Waals surface area contributed by atoms with Crippen molar-refractivity contribution in [3.05, 3.63) is 17.7 Å². The highest BCUT2D eigenvalue weighted by Crippen LogP contribution is 2.40. The number of ether oxygens (including phenoxy) is 3. The van der Waals surface area contributed by atoms with Crippen LogP contribution in [0.25, 0.3) is 0 Å². The summed E-state index contributed by atoms with van der Waals surface area (Å²) < 4.78 is 16.5. The SMILES string of the molecule is CCC(C)(CO)NCc1cc(OC)c2c(c1)OCCO2. The molecular weight excluding hydrogens is 258 g/mol. The largest absolute Gasteiger partial charge is 0.493 e. The molecule has 1 unspecified atom stereocenters. The van der Waals surface area contributed by atoms with Gasteiger partial charge in [0.1, 0.15) is 13.2 Å². The number of methoxy groups -OCH3 is 1. The lowest BCUT2D eigenvalue weighted by Crippen LogP contribution is -2.44. The third-order valence-corrected chi connectivity index (χ3v) is 3.74. The van der Waals surface area contributed by atoms with E-state index < -0.39 is 0 Å². The van der Waals surface area contributed by atoms with Crippen LogP contribution in [0.3, 0.4) is 0 Å². The maximum atomic E-state index is 9.42. The minimum atomic E-state index is -0.277. The predicted molar refractivity (Wildman–Crippen MR) is 76.6 cm³/mol. The fourth-order valence-electron chi connectivity index (χ4n) is 2.04. The molecule has 0 saturated heterocycles. The Morgan fingerprint density at radius 3 is 2.75 bits per heavy atom. The first-order valence-electron chi connectivity index (χ1n) is 6.94. The lowest BCUT2D eigenvalue weighted by molar-refractivity contribution is 0.163. The van der Waals surface area contributed by atoms with Gasteiger partial charge in [-0.2, -0.15) is 0 Å². The lowest BCUT2D eigenvalue weighted by Gasteiger charge is -2.28. The fourth-order valence-corrected chi connectivity index (χ4v) is 2.04. The molecule has 0 radical (unpaired) electrons. The second kappa shape index (κ2) is 6.33. The van der Waals surface area contributed by atoms with Gasteiger partial charge in [0.25, 0.3) is 0 Å². The monoisotopic (exact) mass is 281 g/mol. The van der Waals surface area contributed by atoms with E-state index in [1.54, 1.807) is 7.11 Å². The standard InChI is InChI=1S/C15H23NO4/c1-4-15(2,10-17)16-9-11-7-12(18-3)14-13(8-11)19-5-6-20-14/h7-8,16-17H,4-6,9-10H2,1-3H3. The number of rotatable bonds is 6. The van der Waals surface area contributed by atoms with E-state index in [-0.39, 0.29) is 12.1 Å². The normalized spacial score (nSPS) is 16.6. The van der Waals surface area contributed by atoms with E-state index >= 15 is 0 Å². The first-order valence-corrected chi connectivity index (χ1v) is 6.94. The van der Waals surface area contributed by atoms with Crippen molar-refractivity contribution in [2.75, 3.05) is 26.9 Å². The van der Waals surface area contributed by atoms with E-state index in [1.165, 1.54) is 0 Å². The van der Waals surface area contributed by atoms with Crippen LogP contribution in [0.4, 0.5) is 0 Å². The van der Waals surface area contributed by atoms with E-state index in [0.717, 1.165) is 17.7 Å². The van der Waals surface area contributed by atoms with Gasteiger partial charge in [-0.05, 0) is 31.0 Å². The molecule has 1 aliphatic heterocycles. The van der Waals surface area contributed by atoms with Gasteiger partial charge in [-0.15, -0.1) is 0 Å². The highest BCUT2D eigenvalue weighted by molar-refractivity contribution is 5.54. The van der Waals surface area contributed by atoms with Gasteiger partial charge >= 0.3 is 0 Å². The van der Waals surface area contributed by atoms with E-state index in [0.29, 0.717) is 31.3 Å². The van der Waals surface area contributed by atoms with Crippen LogP contribution in [0.15, 0.2) is 12.1 Å². The second-order valence-corrected chi connectivity index (χ2v) is 5.25. The zero-order valence-corrected chi connectivity index (χ0v) is 12.4. The van der Waals surface area contributed by atoms with Gasteiger partial charge in [0.2, 0.25) is 5.75 Å². The van der Waals surface area contributed by atoms with Crippen LogP contribution in [-0.4, -0.2) is 37.6 Å². The Morgan fingerprint density at radius 2 is 2.10 bits per heavy atom. The zero-order valence-electron chi connectivity index (χ0n) is 12.4. The first kappa shape index (κ1) is 14.9. The minimum absolute atomic E-state index is 0.102. The Labute approximate surface area is 119 Å². The summed E-state index contributed by atoms with van der Waals surface area (Å²) in [5, 5.41) is 12.8. The molecule has 1 heterocycles. The third-order valence-electron chi connectivity index (χ3n) is 3.74. The lowest BCUT2D eigenvalue weighted by atomic mass is 10.00. The molecule has 0 saturated carbocycles. The van der Waals surface area contributed by atoms with Crippen molar-refractivity contribution in [2.45, 2.75) is 32.4 Å². The van der Waals surface area contributed by atoms with Gasteiger partial charge in [0.05, 0.1) is 13.7 Å². The van der Waals surface area contributed by atoms with Crippen molar-refractivity contribution < 1.29 is 19.3 Å². The van der Waals surface area contributed by atoms with Crippen molar-refractivity contribution in [3.63, 3.8) is 0 Å². The molecule has 0 aliphatic carbocycles. The Morgan fingerprint density at radius 1 is 1.35 bits per heavy atom. The Balaban J connectivity index is 2.16. The van der Waals surface area contributed by atoms with Crippen LogP contribution in [0, 0.1) is 0 Å². The molecule has 1 aromatic rings. The van der Waals surface area contributed by atoms with Gasteiger partial charge in [-0.1, -0.05) is 6.92 Å². The Bertz CT molecular complexity index is 440. The zero-order chi connectivity index (χ0) is 14.6. The molecule has 20 heavy (non-hydrogen) atoms. The average molecular weight is 281 g/mol. The van der Waals surface area contributed by atoms with Crippen LogP contribution in [0.5, 0.6) is 17.2 Å². The molecule has 1 aliphatic rings. The summed E-state index contributed by atoms with van der Waals surface area (Å²) in [7, 11) is 1.62. The van der Waals surface area contributed by atoms with E-state index in [2.05, 4.69) is 5.32 Å². The van der Waals surface area contributed by atoms with Crippen LogP contribution in [0.1, 0.15) is 25.8 Å². The summed E-state index contributed by atoms with van der Waals surface area (Å²) in [4.78, 5) is 0. The molecule has 112 valence electrons. The van der Waals surface area contributed by atoms with Crippen LogP contribution in [-0.2, 0) is 6.54 Å². The van der Waals surface area contributed by atoms with Crippen molar-refractivity contribution >= 4 is 0 Å². The number of aliphatic hydroxyl groups is 1. The predicted octanol–water partition coefficient (Wildman–Crippen LogP) is 1.72. The molecule has 0 amide bonds. The number of hydrogen-bond acceptors (Lipinski definition) is 5. The molecule has 5 nitrogen and oxygen atoms in total. The maximum Gasteiger partial charge on any atom is 0.203 e. The van der Waals surface area contributed by atoms with Crippen molar-refractivity contribution in [3.8, 4) is 17.2 Å². The van der Waals surface area contributed by atoms with E-state index in [1.807, 2.05) is 26.0 Å². The fraction of sp³-hybridized carbons (Fsp3) is 0.600. The summed E-state index contributed by atoms with van der Waals surface area (Å²) in [5.74, 6) is 2.07. The van der Waals surface area contributed by atoms with Crippen molar-refractivity contribution in [1.29, 1.82) is 0 Å². The second-order valence-electron chi connectivity index (χ2n) is 5.25. The molecule has 1 atom stereocenters. The van der Waals surface area contributed by atoms with Gasteiger partial charge < -0.3 is 24.6 Å². The molecule has 5 heteroatoms.